The van der Waals surface area contributed by atoms with E-state index >= 15 is 0 Å². The number of hydrogen-bond donors (Lipinski definition) is 1. The number of nitrogens with one attached hydrogen (secondary N) is 1. The summed E-state index contributed by atoms with van der Waals surface area (Å²) in [6, 6.07) is 14.3. The Hall–Kier alpha value is -2.38. The van der Waals surface area contributed by atoms with Crippen LogP contribution >= 0.6 is 0 Å². The molecule has 0 bridgehead atoms. The van der Waals surface area contributed by atoms with Crippen molar-refractivity contribution in [2.75, 3.05) is 30.8 Å². The van der Waals surface area contributed by atoms with Crippen LogP contribution in [0.2, 0.25) is 0 Å². The number of amides is 1. The summed E-state index contributed by atoms with van der Waals surface area (Å²) in [4.78, 5) is 12.1. The first-order valence-corrected chi connectivity index (χ1v) is 10.6. The summed E-state index contributed by atoms with van der Waals surface area (Å²) in [5.41, 5.74) is 2.95. The van der Waals surface area contributed by atoms with Gasteiger partial charge in [-0.3, -0.25) is 9.10 Å². The van der Waals surface area contributed by atoms with Crippen molar-refractivity contribution in [2.24, 2.45) is 0 Å². The highest BCUT2D eigenvalue weighted by Gasteiger charge is 2.18. The number of carbonyl (C=O) groups is 1. The number of sulfonamides is 1. The van der Waals surface area contributed by atoms with E-state index in [-0.39, 0.29) is 12.5 Å². The summed E-state index contributed by atoms with van der Waals surface area (Å²) in [6.45, 7) is 3.27. The molecule has 2 aromatic carbocycles. The Balaban J connectivity index is 2.10. The van der Waals surface area contributed by atoms with E-state index in [0.29, 0.717) is 24.4 Å². The molecule has 27 heavy (non-hydrogen) atoms. The van der Waals surface area contributed by atoms with Crippen molar-refractivity contribution in [3.8, 4) is 0 Å². The van der Waals surface area contributed by atoms with E-state index in [0.717, 1.165) is 17.5 Å². The molecule has 0 aromatic heterocycles. The Morgan fingerprint density at radius 3 is 2.44 bits per heavy atom. The third-order valence-electron chi connectivity index (χ3n) is 4.04. The molecular formula is C20H26N2O4S. The molecule has 2 rings (SSSR count). The summed E-state index contributed by atoms with van der Waals surface area (Å²) < 4.78 is 30.8. The second-order valence-corrected chi connectivity index (χ2v) is 8.31. The SMILES string of the molecule is COCCCNC(=O)c1ccc(CN(c2cccc(C)c2)S(C)(=O)=O)cc1. The number of nitrogens with zero attached hydrogens (tertiary/aromatic N) is 1. The molecular weight excluding hydrogens is 364 g/mol. The number of rotatable bonds is 9. The third kappa shape index (κ3) is 6.37. The Morgan fingerprint density at radius 2 is 1.85 bits per heavy atom. The molecule has 0 aliphatic heterocycles. The van der Waals surface area contributed by atoms with Gasteiger partial charge in [-0.25, -0.2) is 8.42 Å². The van der Waals surface area contributed by atoms with Gasteiger partial charge in [-0.05, 0) is 48.7 Å². The van der Waals surface area contributed by atoms with Crippen molar-refractivity contribution in [3.05, 3.63) is 65.2 Å². The predicted octanol–water partition coefficient (Wildman–Crippen LogP) is 2.73. The number of anilines is 1. The summed E-state index contributed by atoms with van der Waals surface area (Å²) in [5.74, 6) is -0.156. The van der Waals surface area contributed by atoms with Gasteiger partial charge in [-0.2, -0.15) is 0 Å². The van der Waals surface area contributed by atoms with Crippen molar-refractivity contribution in [3.63, 3.8) is 0 Å². The van der Waals surface area contributed by atoms with Crippen LogP contribution in [0.3, 0.4) is 0 Å². The molecule has 0 aliphatic carbocycles. The van der Waals surface area contributed by atoms with Gasteiger partial charge >= 0.3 is 0 Å². The average molecular weight is 391 g/mol. The number of ether oxygens (including phenoxy) is 1. The van der Waals surface area contributed by atoms with Crippen molar-refractivity contribution >= 4 is 21.6 Å². The molecule has 1 N–H and O–H groups in total. The second-order valence-electron chi connectivity index (χ2n) is 6.41. The quantitative estimate of drug-likeness (QED) is 0.668. The lowest BCUT2D eigenvalue weighted by Gasteiger charge is -2.23. The zero-order valence-electron chi connectivity index (χ0n) is 15.9. The number of carbonyl (C=O) groups excluding carboxylic acids is 1. The van der Waals surface area contributed by atoms with E-state index in [4.69, 9.17) is 4.74 Å². The summed E-state index contributed by atoms with van der Waals surface area (Å²) >= 11 is 0. The maximum atomic E-state index is 12.2. The van der Waals surface area contributed by atoms with Crippen LogP contribution in [0.15, 0.2) is 48.5 Å². The van der Waals surface area contributed by atoms with E-state index in [1.807, 2.05) is 25.1 Å². The fraction of sp³-hybridized carbons (Fsp3) is 0.350. The Kier molecular flexibility index (Phi) is 7.38. The molecule has 0 aliphatic rings. The van der Waals surface area contributed by atoms with Crippen LogP contribution < -0.4 is 9.62 Å². The fourth-order valence-electron chi connectivity index (χ4n) is 2.63. The lowest BCUT2D eigenvalue weighted by molar-refractivity contribution is 0.0948. The molecule has 0 saturated heterocycles. The van der Waals surface area contributed by atoms with Crippen molar-refractivity contribution < 1.29 is 17.9 Å². The smallest absolute Gasteiger partial charge is 0.251 e. The number of aryl methyl sites for hydroxylation is 1. The predicted molar refractivity (Wildman–Crippen MR) is 107 cm³/mol. The molecule has 7 heteroatoms. The molecule has 0 heterocycles. The van der Waals surface area contributed by atoms with Crippen molar-refractivity contribution in [2.45, 2.75) is 19.9 Å². The summed E-state index contributed by atoms with van der Waals surface area (Å²) in [5, 5.41) is 2.83. The second kappa shape index (κ2) is 9.53. The largest absolute Gasteiger partial charge is 0.385 e. The van der Waals surface area contributed by atoms with E-state index in [2.05, 4.69) is 5.32 Å². The first-order chi connectivity index (χ1) is 12.8. The molecule has 2 aromatic rings. The van der Waals surface area contributed by atoms with Crippen LogP contribution in [0, 0.1) is 6.92 Å². The van der Waals surface area contributed by atoms with Crippen LogP contribution in [-0.4, -0.2) is 40.8 Å². The minimum Gasteiger partial charge on any atom is -0.385 e. The molecule has 146 valence electrons. The lowest BCUT2D eigenvalue weighted by atomic mass is 10.1. The van der Waals surface area contributed by atoms with Gasteiger partial charge in [0.15, 0.2) is 0 Å². The topological polar surface area (TPSA) is 75.7 Å². The van der Waals surface area contributed by atoms with Gasteiger partial charge in [0.1, 0.15) is 0 Å². The molecule has 0 spiro atoms. The first-order valence-electron chi connectivity index (χ1n) is 8.71. The lowest BCUT2D eigenvalue weighted by Crippen LogP contribution is -2.29. The van der Waals surface area contributed by atoms with E-state index in [1.54, 1.807) is 37.4 Å². The normalized spacial score (nSPS) is 11.2. The molecule has 0 unspecified atom stereocenters. The van der Waals surface area contributed by atoms with E-state index < -0.39 is 10.0 Å². The average Bonchev–Trinajstić information content (AvgIpc) is 2.62. The first kappa shape index (κ1) is 20.9. The minimum atomic E-state index is -3.43. The number of methoxy groups -OCH3 is 1. The maximum absolute atomic E-state index is 12.2. The van der Waals surface area contributed by atoms with Gasteiger partial charge in [0.2, 0.25) is 10.0 Å². The van der Waals surface area contributed by atoms with Gasteiger partial charge in [0, 0.05) is 25.8 Å². The molecule has 6 nitrogen and oxygen atoms in total. The standard InChI is InChI=1S/C20H26N2O4S/c1-16-6-4-7-19(14-16)22(27(3,24)25)15-17-8-10-18(11-9-17)20(23)21-12-5-13-26-2/h4,6-11,14H,5,12-13,15H2,1-3H3,(H,21,23). The van der Waals surface area contributed by atoms with E-state index in [1.165, 1.54) is 10.6 Å². The maximum Gasteiger partial charge on any atom is 0.251 e. The van der Waals surface area contributed by atoms with E-state index in [9.17, 15) is 13.2 Å². The Morgan fingerprint density at radius 1 is 1.15 bits per heavy atom. The third-order valence-corrected chi connectivity index (χ3v) is 5.18. The Labute approximate surface area is 161 Å². The molecule has 0 radical (unpaired) electrons. The summed E-state index contributed by atoms with van der Waals surface area (Å²) in [7, 11) is -1.81. The molecule has 0 atom stereocenters. The van der Waals surface area contributed by atoms with Crippen LogP contribution in [0.4, 0.5) is 5.69 Å². The monoisotopic (exact) mass is 390 g/mol. The van der Waals surface area contributed by atoms with Gasteiger partial charge in [0.25, 0.3) is 5.91 Å². The van der Waals surface area contributed by atoms with Gasteiger partial charge in [0.05, 0.1) is 18.5 Å². The minimum absolute atomic E-state index is 0.156. The van der Waals surface area contributed by atoms with Crippen molar-refractivity contribution in [1.82, 2.24) is 5.32 Å². The summed E-state index contributed by atoms with van der Waals surface area (Å²) in [6.07, 6.45) is 1.94. The number of hydrogen-bond acceptors (Lipinski definition) is 4. The highest BCUT2D eigenvalue weighted by molar-refractivity contribution is 7.92. The highest BCUT2D eigenvalue weighted by Crippen LogP contribution is 2.21. The van der Waals surface area contributed by atoms with Gasteiger partial charge < -0.3 is 10.1 Å². The van der Waals surface area contributed by atoms with Gasteiger partial charge in [-0.1, -0.05) is 24.3 Å². The number of benzene rings is 2. The van der Waals surface area contributed by atoms with Crippen LogP contribution in [0.5, 0.6) is 0 Å². The molecule has 0 saturated carbocycles. The molecule has 0 fully saturated rings. The van der Waals surface area contributed by atoms with Crippen molar-refractivity contribution in [1.29, 1.82) is 0 Å². The Bertz CT molecular complexity index is 864. The molecule has 1 amide bonds. The van der Waals surface area contributed by atoms with Crippen LogP contribution in [0.1, 0.15) is 27.9 Å². The zero-order chi connectivity index (χ0) is 19.9. The van der Waals surface area contributed by atoms with Crippen LogP contribution in [-0.2, 0) is 21.3 Å². The van der Waals surface area contributed by atoms with Crippen LogP contribution in [0.25, 0.3) is 0 Å². The highest BCUT2D eigenvalue weighted by atomic mass is 32.2. The fourth-order valence-corrected chi connectivity index (χ4v) is 3.51. The zero-order valence-corrected chi connectivity index (χ0v) is 16.8. The van der Waals surface area contributed by atoms with Gasteiger partial charge in [-0.15, -0.1) is 0 Å².